The van der Waals surface area contributed by atoms with Crippen molar-refractivity contribution in [2.45, 2.75) is 18.9 Å². The Balaban J connectivity index is 1.66. The number of halogens is 2. The number of aryl methyl sites for hydroxylation is 1. The van der Waals surface area contributed by atoms with E-state index in [-0.39, 0.29) is 17.0 Å². The van der Waals surface area contributed by atoms with E-state index in [9.17, 15) is 9.18 Å². The average Bonchev–Trinajstić information content (AvgIpc) is 3.10. The van der Waals surface area contributed by atoms with Crippen molar-refractivity contribution >= 4 is 23.2 Å². The first kappa shape index (κ1) is 16.0. The van der Waals surface area contributed by atoms with Gasteiger partial charge in [0.25, 0.3) is 0 Å². The van der Waals surface area contributed by atoms with Gasteiger partial charge in [0.05, 0.1) is 23.3 Å². The molecule has 6 heteroatoms. The number of anilines is 1. The van der Waals surface area contributed by atoms with E-state index in [1.165, 1.54) is 23.9 Å². The van der Waals surface area contributed by atoms with E-state index >= 15 is 0 Å². The van der Waals surface area contributed by atoms with E-state index in [4.69, 9.17) is 11.6 Å². The Morgan fingerprint density at radius 1 is 1.43 bits per heavy atom. The summed E-state index contributed by atoms with van der Waals surface area (Å²) in [6.07, 6.45) is 4.13. The van der Waals surface area contributed by atoms with Gasteiger partial charge in [0.2, 0.25) is 5.91 Å². The molecule has 1 N–H and O–H groups in total. The van der Waals surface area contributed by atoms with Gasteiger partial charge in [-0.3, -0.25) is 9.69 Å². The van der Waals surface area contributed by atoms with Gasteiger partial charge in [-0.05, 0) is 49.7 Å². The lowest BCUT2D eigenvalue weighted by Crippen LogP contribution is -2.33. The van der Waals surface area contributed by atoms with Crippen LogP contribution in [0.25, 0.3) is 0 Å². The molecule has 122 valence electrons. The first-order valence-corrected chi connectivity index (χ1v) is 8.02. The Hall–Kier alpha value is -1.85. The van der Waals surface area contributed by atoms with Crippen molar-refractivity contribution in [3.8, 4) is 0 Å². The third-order valence-electron chi connectivity index (χ3n) is 4.24. The summed E-state index contributed by atoms with van der Waals surface area (Å²) in [5.74, 6) is -0.559. The molecule has 2 heterocycles. The molecule has 1 aromatic carbocycles. The van der Waals surface area contributed by atoms with Gasteiger partial charge in [-0.25, -0.2) is 4.39 Å². The Labute approximate surface area is 139 Å². The molecule has 0 spiro atoms. The lowest BCUT2D eigenvalue weighted by molar-refractivity contribution is -0.117. The number of aromatic nitrogens is 1. The van der Waals surface area contributed by atoms with Crippen LogP contribution >= 0.6 is 11.6 Å². The number of benzene rings is 1. The van der Waals surface area contributed by atoms with Crippen LogP contribution in [-0.2, 0) is 11.8 Å². The molecule has 1 atom stereocenters. The van der Waals surface area contributed by atoms with Crippen LogP contribution in [0.1, 0.15) is 24.6 Å². The summed E-state index contributed by atoms with van der Waals surface area (Å²) >= 11 is 5.95. The number of likely N-dealkylation sites (tertiary alicyclic amines) is 1. The summed E-state index contributed by atoms with van der Waals surface area (Å²) in [7, 11) is 2.02. The van der Waals surface area contributed by atoms with E-state index in [0.717, 1.165) is 19.4 Å². The molecule has 1 amide bonds. The Bertz CT molecular complexity index is 716. The first-order valence-electron chi connectivity index (χ1n) is 7.65. The highest BCUT2D eigenvalue weighted by molar-refractivity contribution is 6.33. The number of rotatable bonds is 4. The minimum Gasteiger partial charge on any atom is -0.353 e. The highest BCUT2D eigenvalue weighted by atomic mass is 35.5. The normalized spacial score (nSPS) is 18.3. The second kappa shape index (κ2) is 6.72. The lowest BCUT2D eigenvalue weighted by atomic mass is 10.1. The van der Waals surface area contributed by atoms with Crippen LogP contribution in [0.5, 0.6) is 0 Å². The summed E-state index contributed by atoms with van der Waals surface area (Å²) in [4.78, 5) is 14.5. The van der Waals surface area contributed by atoms with Gasteiger partial charge in [0.15, 0.2) is 0 Å². The predicted molar refractivity (Wildman–Crippen MR) is 89.0 cm³/mol. The van der Waals surface area contributed by atoms with Crippen LogP contribution in [0, 0.1) is 5.82 Å². The molecule has 1 fully saturated rings. The summed E-state index contributed by atoms with van der Waals surface area (Å²) in [6.45, 7) is 1.18. The molecule has 0 bridgehead atoms. The van der Waals surface area contributed by atoms with Crippen molar-refractivity contribution in [3.63, 3.8) is 0 Å². The van der Waals surface area contributed by atoms with E-state index in [0.29, 0.717) is 12.2 Å². The monoisotopic (exact) mass is 335 g/mol. The van der Waals surface area contributed by atoms with Crippen LogP contribution in [0.3, 0.4) is 0 Å². The largest absolute Gasteiger partial charge is 0.353 e. The quantitative estimate of drug-likeness (QED) is 0.927. The predicted octanol–water partition coefficient (Wildman–Crippen LogP) is 3.59. The molecule has 1 aliphatic rings. The molecule has 4 nitrogen and oxygen atoms in total. The molecular weight excluding hydrogens is 317 g/mol. The molecule has 1 aliphatic heterocycles. The summed E-state index contributed by atoms with van der Waals surface area (Å²) in [6, 6.07) is 8.32. The van der Waals surface area contributed by atoms with Crippen LogP contribution in [-0.4, -0.2) is 28.5 Å². The number of hydrogen-bond acceptors (Lipinski definition) is 2. The fourth-order valence-electron chi connectivity index (χ4n) is 3.14. The number of carbonyl (C=O) groups excluding carboxylic acids is 1. The van der Waals surface area contributed by atoms with Gasteiger partial charge in [0, 0.05) is 18.9 Å². The molecule has 1 aromatic heterocycles. The molecule has 2 aromatic rings. The van der Waals surface area contributed by atoms with Gasteiger partial charge < -0.3 is 9.88 Å². The second-order valence-electron chi connectivity index (χ2n) is 5.84. The highest BCUT2D eigenvalue weighted by Gasteiger charge is 2.29. The van der Waals surface area contributed by atoms with Crippen molar-refractivity contribution in [1.82, 2.24) is 9.47 Å². The van der Waals surface area contributed by atoms with Gasteiger partial charge >= 0.3 is 0 Å². The number of carbonyl (C=O) groups is 1. The van der Waals surface area contributed by atoms with Gasteiger partial charge in [-0.1, -0.05) is 11.6 Å². The number of nitrogens with zero attached hydrogens (tertiary/aromatic N) is 2. The Morgan fingerprint density at radius 3 is 2.96 bits per heavy atom. The van der Waals surface area contributed by atoms with E-state index in [1.54, 1.807) is 0 Å². The minimum atomic E-state index is -0.420. The SMILES string of the molecule is Cn1cccc1[C@H]1CCCN1CC(=O)Nc1ccc(F)cc1Cl. The van der Waals surface area contributed by atoms with Crippen molar-refractivity contribution in [2.24, 2.45) is 7.05 Å². The summed E-state index contributed by atoms with van der Waals surface area (Å²) < 4.78 is 15.1. The first-order chi connectivity index (χ1) is 11.0. The van der Waals surface area contributed by atoms with Crippen LogP contribution in [0.15, 0.2) is 36.5 Å². The maximum atomic E-state index is 13.1. The molecule has 0 aliphatic carbocycles. The van der Waals surface area contributed by atoms with Crippen LogP contribution < -0.4 is 5.32 Å². The van der Waals surface area contributed by atoms with Gasteiger partial charge in [-0.2, -0.15) is 0 Å². The molecule has 0 radical (unpaired) electrons. The van der Waals surface area contributed by atoms with Crippen molar-refractivity contribution < 1.29 is 9.18 Å². The van der Waals surface area contributed by atoms with Crippen molar-refractivity contribution in [1.29, 1.82) is 0 Å². The molecular formula is C17H19ClFN3O. The highest BCUT2D eigenvalue weighted by Crippen LogP contribution is 2.31. The van der Waals surface area contributed by atoms with E-state index in [1.807, 2.05) is 19.3 Å². The topological polar surface area (TPSA) is 37.3 Å². The number of nitrogens with one attached hydrogen (secondary N) is 1. The molecule has 3 rings (SSSR count). The summed E-state index contributed by atoms with van der Waals surface area (Å²) in [5, 5.41) is 2.97. The third kappa shape index (κ3) is 3.57. The van der Waals surface area contributed by atoms with E-state index in [2.05, 4.69) is 20.9 Å². The zero-order valence-electron chi connectivity index (χ0n) is 12.9. The Kier molecular flexibility index (Phi) is 4.68. The van der Waals surface area contributed by atoms with Gasteiger partial charge in [0.1, 0.15) is 5.82 Å². The molecule has 0 unspecified atom stereocenters. The van der Waals surface area contributed by atoms with Crippen molar-refractivity contribution in [3.05, 3.63) is 53.1 Å². The zero-order chi connectivity index (χ0) is 16.4. The lowest BCUT2D eigenvalue weighted by Gasteiger charge is -2.24. The standard InChI is InChI=1S/C17H19ClFN3O/c1-21-8-2-4-15(21)16-5-3-9-22(16)11-17(23)20-14-7-6-12(19)10-13(14)18/h2,4,6-8,10,16H,3,5,9,11H2,1H3,(H,20,23)/t16-/m1/s1. The average molecular weight is 336 g/mol. The number of hydrogen-bond donors (Lipinski definition) is 1. The second-order valence-corrected chi connectivity index (χ2v) is 6.25. The third-order valence-corrected chi connectivity index (χ3v) is 4.55. The molecule has 1 saturated heterocycles. The van der Waals surface area contributed by atoms with E-state index < -0.39 is 5.82 Å². The van der Waals surface area contributed by atoms with Gasteiger partial charge in [-0.15, -0.1) is 0 Å². The zero-order valence-corrected chi connectivity index (χ0v) is 13.7. The smallest absolute Gasteiger partial charge is 0.238 e. The number of amides is 1. The Morgan fingerprint density at radius 2 is 2.26 bits per heavy atom. The fraction of sp³-hybridized carbons (Fsp3) is 0.353. The fourth-order valence-corrected chi connectivity index (χ4v) is 3.35. The summed E-state index contributed by atoms with van der Waals surface area (Å²) in [5.41, 5.74) is 1.66. The molecule has 0 saturated carbocycles. The van der Waals surface area contributed by atoms with Crippen molar-refractivity contribution in [2.75, 3.05) is 18.4 Å². The maximum absolute atomic E-state index is 13.1. The maximum Gasteiger partial charge on any atom is 0.238 e. The van der Waals surface area contributed by atoms with Crippen LogP contribution in [0.4, 0.5) is 10.1 Å². The molecule has 23 heavy (non-hydrogen) atoms. The minimum absolute atomic E-state index is 0.139. The van der Waals surface area contributed by atoms with Crippen LogP contribution in [0.2, 0.25) is 5.02 Å².